The average Bonchev–Trinajstić information content (AvgIpc) is 2.42. The summed E-state index contributed by atoms with van der Waals surface area (Å²) in [4.78, 5) is 13.4. The van der Waals surface area contributed by atoms with E-state index in [0.717, 1.165) is 18.7 Å². The largest absolute Gasteiger partial charge is 0.345 e. The van der Waals surface area contributed by atoms with E-state index in [2.05, 4.69) is 5.32 Å². The zero-order valence-corrected chi connectivity index (χ0v) is 13.2. The molecular formula is C15H21Cl2N2O+. The Bertz CT molecular complexity index is 473. The summed E-state index contributed by atoms with van der Waals surface area (Å²) < 4.78 is 0. The molecule has 1 saturated heterocycles. The summed E-state index contributed by atoms with van der Waals surface area (Å²) in [6, 6.07) is 5.41. The predicted octanol–water partition coefficient (Wildman–Crippen LogP) is 2.24. The average molecular weight is 316 g/mol. The summed E-state index contributed by atoms with van der Waals surface area (Å²) in [7, 11) is 0. The Labute approximate surface area is 130 Å². The van der Waals surface area contributed by atoms with Crippen LogP contribution in [0.25, 0.3) is 0 Å². The van der Waals surface area contributed by atoms with Crippen molar-refractivity contribution < 1.29 is 9.69 Å². The Kier molecular flexibility index (Phi) is 5.70. The van der Waals surface area contributed by atoms with Gasteiger partial charge >= 0.3 is 0 Å². The van der Waals surface area contributed by atoms with Crippen molar-refractivity contribution in [3.63, 3.8) is 0 Å². The fourth-order valence-electron chi connectivity index (χ4n) is 2.61. The lowest BCUT2D eigenvalue weighted by atomic mass is 10.1. The van der Waals surface area contributed by atoms with Gasteiger partial charge in [-0.15, -0.1) is 0 Å². The highest BCUT2D eigenvalue weighted by Crippen LogP contribution is 2.25. The normalized spacial score (nSPS) is 17.8. The van der Waals surface area contributed by atoms with Crippen molar-refractivity contribution in [3.8, 4) is 0 Å². The number of carbonyl (C=O) groups is 1. The minimum absolute atomic E-state index is 0.0542. The fraction of sp³-hybridized carbons (Fsp3) is 0.533. The number of likely N-dealkylation sites (tertiary alicyclic amines) is 1. The second kappa shape index (κ2) is 7.30. The van der Waals surface area contributed by atoms with Gasteiger partial charge in [0.05, 0.1) is 29.2 Å². The number of hydrogen-bond acceptors (Lipinski definition) is 1. The molecule has 1 aromatic rings. The quantitative estimate of drug-likeness (QED) is 0.878. The van der Waals surface area contributed by atoms with Crippen molar-refractivity contribution in [2.75, 3.05) is 19.6 Å². The molecule has 0 spiro atoms. The van der Waals surface area contributed by atoms with E-state index in [9.17, 15) is 4.79 Å². The van der Waals surface area contributed by atoms with Gasteiger partial charge in [-0.3, -0.25) is 4.79 Å². The van der Waals surface area contributed by atoms with E-state index in [0.29, 0.717) is 16.6 Å². The summed E-state index contributed by atoms with van der Waals surface area (Å²) in [5, 5.41) is 4.08. The van der Waals surface area contributed by atoms with Crippen LogP contribution in [0.1, 0.15) is 37.8 Å². The molecule has 1 aliphatic heterocycles. The van der Waals surface area contributed by atoms with Crippen LogP contribution in [0.5, 0.6) is 0 Å². The Morgan fingerprint density at radius 1 is 1.25 bits per heavy atom. The van der Waals surface area contributed by atoms with E-state index >= 15 is 0 Å². The second-order valence-corrected chi connectivity index (χ2v) is 6.26. The van der Waals surface area contributed by atoms with Crippen molar-refractivity contribution in [1.29, 1.82) is 0 Å². The lowest BCUT2D eigenvalue weighted by molar-refractivity contribution is -0.896. The maximum atomic E-state index is 12.1. The van der Waals surface area contributed by atoms with Crippen molar-refractivity contribution in [2.45, 2.75) is 32.2 Å². The number of hydrogen-bond donors (Lipinski definition) is 2. The van der Waals surface area contributed by atoms with E-state index in [1.165, 1.54) is 24.2 Å². The Balaban J connectivity index is 1.87. The van der Waals surface area contributed by atoms with Crippen LogP contribution >= 0.6 is 23.2 Å². The number of quaternary nitrogens is 1. The van der Waals surface area contributed by atoms with E-state index < -0.39 is 0 Å². The van der Waals surface area contributed by atoms with E-state index in [1.54, 1.807) is 6.07 Å². The smallest absolute Gasteiger partial charge is 0.275 e. The van der Waals surface area contributed by atoms with Gasteiger partial charge in [-0.25, -0.2) is 0 Å². The van der Waals surface area contributed by atoms with Crippen LogP contribution in [0, 0.1) is 0 Å². The Morgan fingerprint density at radius 2 is 1.95 bits per heavy atom. The van der Waals surface area contributed by atoms with Crippen molar-refractivity contribution in [2.24, 2.45) is 0 Å². The monoisotopic (exact) mass is 315 g/mol. The molecule has 0 bridgehead atoms. The molecule has 1 aromatic carbocycles. The summed E-state index contributed by atoms with van der Waals surface area (Å²) in [5.74, 6) is 0.0977. The fourth-order valence-corrected chi connectivity index (χ4v) is 2.92. The molecule has 0 unspecified atom stereocenters. The SMILES string of the molecule is C[C@@H](NC(=O)C[NH+]1CCCCC1)c1ccc(Cl)c(Cl)c1. The standard InChI is InChI=1S/C15H20Cl2N2O/c1-11(12-5-6-13(16)14(17)9-12)18-15(20)10-19-7-3-2-4-8-19/h5-6,9,11H,2-4,7-8,10H2,1H3,(H,18,20)/p+1/t11-/m1/s1. The number of amides is 1. The number of halogens is 2. The van der Waals surface area contributed by atoms with Gasteiger partial charge in [0.25, 0.3) is 5.91 Å². The van der Waals surface area contributed by atoms with Gasteiger partial charge in [0.2, 0.25) is 0 Å². The highest BCUT2D eigenvalue weighted by molar-refractivity contribution is 6.42. The van der Waals surface area contributed by atoms with Crippen LogP contribution < -0.4 is 10.2 Å². The van der Waals surface area contributed by atoms with E-state index in [1.807, 2.05) is 19.1 Å². The van der Waals surface area contributed by atoms with Gasteiger partial charge < -0.3 is 10.2 Å². The van der Waals surface area contributed by atoms with Crippen LogP contribution in [-0.4, -0.2) is 25.5 Å². The molecule has 0 aliphatic carbocycles. The molecule has 1 amide bonds. The van der Waals surface area contributed by atoms with Gasteiger partial charge in [-0.2, -0.15) is 0 Å². The molecule has 0 aromatic heterocycles. The highest BCUT2D eigenvalue weighted by atomic mass is 35.5. The molecule has 0 saturated carbocycles. The summed E-state index contributed by atoms with van der Waals surface area (Å²) in [6.07, 6.45) is 3.75. The minimum atomic E-state index is -0.0542. The maximum absolute atomic E-state index is 12.1. The minimum Gasteiger partial charge on any atom is -0.345 e. The number of carbonyl (C=O) groups excluding carboxylic acids is 1. The molecule has 0 radical (unpaired) electrons. The zero-order chi connectivity index (χ0) is 14.5. The van der Waals surface area contributed by atoms with Crippen LogP contribution in [0.3, 0.4) is 0 Å². The van der Waals surface area contributed by atoms with Gasteiger partial charge in [-0.1, -0.05) is 29.3 Å². The number of benzene rings is 1. The molecule has 1 heterocycles. The Hall–Kier alpha value is -0.770. The molecule has 110 valence electrons. The first-order chi connectivity index (χ1) is 9.56. The van der Waals surface area contributed by atoms with Gasteiger partial charge in [0, 0.05) is 0 Å². The number of piperidine rings is 1. The van der Waals surface area contributed by atoms with Crippen molar-refractivity contribution >= 4 is 29.1 Å². The van der Waals surface area contributed by atoms with Crippen LogP contribution in [0.4, 0.5) is 0 Å². The first kappa shape index (κ1) is 15.6. The molecule has 20 heavy (non-hydrogen) atoms. The van der Waals surface area contributed by atoms with Crippen LogP contribution in [0.2, 0.25) is 10.0 Å². The van der Waals surface area contributed by atoms with Gasteiger partial charge in [0.15, 0.2) is 6.54 Å². The first-order valence-corrected chi connectivity index (χ1v) is 7.89. The lowest BCUT2D eigenvalue weighted by Gasteiger charge is -2.24. The first-order valence-electron chi connectivity index (χ1n) is 7.14. The molecule has 1 aliphatic rings. The third-order valence-electron chi connectivity index (χ3n) is 3.79. The molecule has 2 rings (SSSR count). The molecule has 5 heteroatoms. The van der Waals surface area contributed by atoms with Crippen LogP contribution in [-0.2, 0) is 4.79 Å². The molecule has 1 fully saturated rings. The van der Waals surface area contributed by atoms with Crippen LogP contribution in [0.15, 0.2) is 18.2 Å². The summed E-state index contributed by atoms with van der Waals surface area (Å²) in [5.41, 5.74) is 0.974. The van der Waals surface area contributed by atoms with Gasteiger partial charge in [-0.05, 0) is 43.9 Å². The number of nitrogens with one attached hydrogen (secondary N) is 2. The summed E-state index contributed by atoms with van der Waals surface area (Å²) >= 11 is 11.9. The highest BCUT2D eigenvalue weighted by Gasteiger charge is 2.19. The topological polar surface area (TPSA) is 33.5 Å². The molecular weight excluding hydrogens is 295 g/mol. The maximum Gasteiger partial charge on any atom is 0.275 e. The zero-order valence-electron chi connectivity index (χ0n) is 11.7. The predicted molar refractivity (Wildman–Crippen MR) is 82.4 cm³/mol. The van der Waals surface area contributed by atoms with Crippen molar-refractivity contribution in [1.82, 2.24) is 5.32 Å². The third kappa shape index (κ3) is 4.37. The van der Waals surface area contributed by atoms with Crippen molar-refractivity contribution in [3.05, 3.63) is 33.8 Å². The summed E-state index contributed by atoms with van der Waals surface area (Å²) in [6.45, 7) is 4.73. The Morgan fingerprint density at radius 3 is 2.60 bits per heavy atom. The third-order valence-corrected chi connectivity index (χ3v) is 4.53. The van der Waals surface area contributed by atoms with E-state index in [4.69, 9.17) is 23.2 Å². The molecule has 2 N–H and O–H groups in total. The number of rotatable bonds is 4. The van der Waals surface area contributed by atoms with E-state index in [-0.39, 0.29) is 11.9 Å². The lowest BCUT2D eigenvalue weighted by Crippen LogP contribution is -3.13. The molecule has 1 atom stereocenters. The van der Waals surface area contributed by atoms with Gasteiger partial charge in [0.1, 0.15) is 0 Å². The molecule has 3 nitrogen and oxygen atoms in total. The second-order valence-electron chi connectivity index (χ2n) is 5.45.